The summed E-state index contributed by atoms with van der Waals surface area (Å²) in [5.41, 5.74) is 2.71. The number of thiophene rings is 1. The van der Waals surface area contributed by atoms with Crippen LogP contribution in [0, 0.1) is 0 Å². The number of H-pyrrole nitrogens is 1. The average molecular weight is 500 g/mol. The van der Waals surface area contributed by atoms with E-state index in [0.29, 0.717) is 17.0 Å². The predicted octanol–water partition coefficient (Wildman–Crippen LogP) is 5.01. The highest BCUT2D eigenvalue weighted by Gasteiger charge is 2.28. The fourth-order valence-electron chi connectivity index (χ4n) is 3.83. The minimum atomic E-state index is -4.19. The van der Waals surface area contributed by atoms with Crippen LogP contribution in [-0.2, 0) is 0 Å². The molecule has 11 heteroatoms. The second-order valence-corrected chi connectivity index (χ2v) is 8.99. The minimum Gasteiger partial charge on any atom is -0.494 e. The summed E-state index contributed by atoms with van der Waals surface area (Å²) in [6.45, 7) is -0.0224. The van der Waals surface area contributed by atoms with Crippen molar-refractivity contribution >= 4 is 38.3 Å². The van der Waals surface area contributed by atoms with Gasteiger partial charge in [0.1, 0.15) is 5.75 Å². The van der Waals surface area contributed by atoms with Gasteiger partial charge in [-0.1, -0.05) is 18.2 Å². The molecule has 0 amide bonds. The normalized spacial score (nSPS) is 16.3. The quantitative estimate of drug-likeness (QED) is 0.310. The number of alkyl halides is 3. The van der Waals surface area contributed by atoms with Crippen molar-refractivity contribution < 1.29 is 23.0 Å². The summed E-state index contributed by atoms with van der Waals surface area (Å²) in [5.74, 6) is 0.760. The number of fused-ring (bicyclic) bond motifs is 1. The Morgan fingerprint density at radius 2 is 1.89 bits per heavy atom. The second kappa shape index (κ2) is 9.51. The van der Waals surface area contributed by atoms with Gasteiger partial charge in [-0.05, 0) is 65.1 Å². The molecule has 3 heterocycles. The fraction of sp³-hybridized carbons (Fsp3) is 0.208. The van der Waals surface area contributed by atoms with Crippen molar-refractivity contribution in [3.63, 3.8) is 0 Å². The zero-order valence-corrected chi connectivity index (χ0v) is 19.0. The molecule has 2 aromatic carbocycles. The minimum absolute atomic E-state index is 0.0224. The molecule has 0 saturated heterocycles. The van der Waals surface area contributed by atoms with Gasteiger partial charge in [-0.15, -0.1) is 21.5 Å². The first-order valence-electron chi connectivity index (χ1n) is 10.8. The van der Waals surface area contributed by atoms with E-state index in [0.717, 1.165) is 26.1 Å². The van der Waals surface area contributed by atoms with Gasteiger partial charge in [0, 0.05) is 27.3 Å². The molecule has 1 aliphatic heterocycles. The van der Waals surface area contributed by atoms with E-state index in [1.54, 1.807) is 35.6 Å². The average Bonchev–Trinajstić information content (AvgIpc) is 3.51. The number of benzene rings is 2. The molecule has 0 radical (unpaired) electrons. The Balaban J connectivity index is 1.44. The summed E-state index contributed by atoms with van der Waals surface area (Å²) in [5, 5.41) is 29.3. The molecular weight excluding hydrogens is 479 g/mol. The number of halogens is 3. The van der Waals surface area contributed by atoms with Gasteiger partial charge in [0.2, 0.25) is 5.82 Å². The molecule has 0 aliphatic carbocycles. The number of allylic oxidation sites excluding steroid dienone is 2. The van der Waals surface area contributed by atoms with Crippen molar-refractivity contribution in [1.82, 2.24) is 25.9 Å². The van der Waals surface area contributed by atoms with Crippen LogP contribution in [-0.4, -0.2) is 44.7 Å². The maximum atomic E-state index is 12.3. The van der Waals surface area contributed by atoms with Crippen LogP contribution in [0.2, 0.25) is 0 Å². The van der Waals surface area contributed by atoms with Gasteiger partial charge < -0.3 is 15.2 Å². The van der Waals surface area contributed by atoms with Crippen molar-refractivity contribution in [2.75, 3.05) is 6.61 Å². The van der Waals surface area contributed by atoms with Gasteiger partial charge in [-0.25, -0.2) is 0 Å². The lowest BCUT2D eigenvalue weighted by Gasteiger charge is -2.25. The van der Waals surface area contributed by atoms with Crippen LogP contribution < -0.4 is 10.1 Å². The molecule has 5 rings (SSSR count). The number of tetrazole rings is 1. The van der Waals surface area contributed by atoms with Crippen LogP contribution in [0.15, 0.2) is 60.7 Å². The van der Waals surface area contributed by atoms with E-state index >= 15 is 0 Å². The highest BCUT2D eigenvalue weighted by molar-refractivity contribution is 7.20. The first-order chi connectivity index (χ1) is 16.9. The summed E-state index contributed by atoms with van der Waals surface area (Å²) < 4.78 is 43.4. The first-order valence-corrected chi connectivity index (χ1v) is 11.6. The number of aliphatic hydroxyl groups is 1. The second-order valence-electron chi connectivity index (χ2n) is 7.91. The lowest BCUT2D eigenvalue weighted by atomic mass is 9.96. The molecule has 180 valence electrons. The summed E-state index contributed by atoms with van der Waals surface area (Å²) in [6.07, 6.45) is -4.34. The van der Waals surface area contributed by atoms with Crippen LogP contribution in [0.1, 0.15) is 29.1 Å². The summed E-state index contributed by atoms with van der Waals surface area (Å²) >= 11 is 1.59. The molecule has 35 heavy (non-hydrogen) atoms. The largest absolute Gasteiger partial charge is 0.494 e. The van der Waals surface area contributed by atoms with Crippen LogP contribution >= 0.6 is 11.3 Å². The number of aliphatic hydroxyl groups excluding tert-OH is 1. The summed E-state index contributed by atoms with van der Waals surface area (Å²) in [7, 11) is 0. The molecule has 0 saturated carbocycles. The van der Waals surface area contributed by atoms with Crippen LogP contribution in [0.25, 0.3) is 26.9 Å². The Labute approximate surface area is 201 Å². The highest BCUT2D eigenvalue weighted by atomic mass is 32.1. The fourth-order valence-corrected chi connectivity index (χ4v) is 4.92. The zero-order valence-electron chi connectivity index (χ0n) is 18.2. The molecule has 0 spiro atoms. The van der Waals surface area contributed by atoms with Crippen molar-refractivity contribution in [2.24, 2.45) is 0 Å². The van der Waals surface area contributed by atoms with Gasteiger partial charge in [0.15, 0.2) is 6.23 Å². The Hall–Kier alpha value is -3.70. The molecule has 0 bridgehead atoms. The molecule has 7 nitrogen and oxygen atoms in total. The molecule has 2 aromatic heterocycles. The van der Waals surface area contributed by atoms with Crippen molar-refractivity contribution in [1.29, 1.82) is 0 Å². The SMILES string of the molecule is OC1NC(c2ccc(OCCCC(F)(F)F)cc2)=CC(c2cc3ccccc3s2)=C1c1nn[nH]n1. The van der Waals surface area contributed by atoms with Gasteiger partial charge in [-0.3, -0.25) is 0 Å². The highest BCUT2D eigenvalue weighted by Crippen LogP contribution is 2.39. The van der Waals surface area contributed by atoms with Crippen LogP contribution in [0.4, 0.5) is 13.2 Å². The standard InChI is InChI=1S/C24H20F3N5O2S/c25-24(26,27)10-3-11-34-16-8-6-14(7-9-16)18-13-17(20-12-15-4-1-2-5-19(15)35-20)21(23(33)28-18)22-29-31-32-30-22/h1-2,4-9,12-13,23,28,33H,3,10-11H2,(H,29,30,31,32). The smallest absolute Gasteiger partial charge is 0.389 e. The molecule has 1 unspecified atom stereocenters. The number of ether oxygens (including phenoxy) is 1. The number of rotatable bonds is 7. The van der Waals surface area contributed by atoms with Gasteiger partial charge in [-0.2, -0.15) is 18.4 Å². The Morgan fingerprint density at radius 1 is 1.09 bits per heavy atom. The van der Waals surface area contributed by atoms with E-state index in [9.17, 15) is 18.3 Å². The monoisotopic (exact) mass is 499 g/mol. The molecular formula is C24H20F3N5O2S. The van der Waals surface area contributed by atoms with Gasteiger partial charge in [0.05, 0.1) is 12.2 Å². The molecule has 0 fully saturated rings. The maximum absolute atomic E-state index is 12.3. The van der Waals surface area contributed by atoms with E-state index in [1.807, 2.05) is 30.3 Å². The third-order valence-electron chi connectivity index (χ3n) is 5.46. The van der Waals surface area contributed by atoms with Gasteiger partial charge >= 0.3 is 6.18 Å². The third kappa shape index (κ3) is 5.20. The number of hydrogen-bond acceptors (Lipinski definition) is 7. The maximum Gasteiger partial charge on any atom is 0.389 e. The Morgan fingerprint density at radius 3 is 2.60 bits per heavy atom. The predicted molar refractivity (Wildman–Crippen MR) is 127 cm³/mol. The molecule has 3 N–H and O–H groups in total. The topological polar surface area (TPSA) is 96.0 Å². The van der Waals surface area contributed by atoms with Crippen molar-refractivity contribution in [2.45, 2.75) is 25.2 Å². The molecule has 1 atom stereocenters. The Bertz CT molecular complexity index is 1350. The van der Waals surface area contributed by atoms with Crippen LogP contribution in [0.3, 0.4) is 0 Å². The van der Waals surface area contributed by atoms with E-state index in [-0.39, 0.29) is 18.9 Å². The van der Waals surface area contributed by atoms with E-state index in [4.69, 9.17) is 4.74 Å². The zero-order chi connectivity index (χ0) is 24.4. The molecule has 1 aliphatic rings. The van der Waals surface area contributed by atoms with E-state index in [2.05, 4.69) is 32.0 Å². The first kappa shape index (κ1) is 23.1. The molecule has 4 aromatic rings. The summed E-state index contributed by atoms with van der Waals surface area (Å²) in [6, 6.07) is 17.0. The third-order valence-corrected chi connectivity index (χ3v) is 6.61. The van der Waals surface area contributed by atoms with E-state index < -0.39 is 18.8 Å². The number of nitrogens with zero attached hydrogens (tertiary/aromatic N) is 3. The Kier molecular flexibility index (Phi) is 6.27. The summed E-state index contributed by atoms with van der Waals surface area (Å²) in [4.78, 5) is 0.939. The lowest BCUT2D eigenvalue weighted by molar-refractivity contribution is -0.136. The number of aromatic nitrogens is 4. The number of aromatic amines is 1. The van der Waals surface area contributed by atoms with E-state index in [1.165, 1.54) is 0 Å². The van der Waals surface area contributed by atoms with Gasteiger partial charge in [0.25, 0.3) is 0 Å². The number of hydrogen-bond donors (Lipinski definition) is 3. The van der Waals surface area contributed by atoms with Crippen molar-refractivity contribution in [3.8, 4) is 5.75 Å². The van der Waals surface area contributed by atoms with Crippen LogP contribution in [0.5, 0.6) is 5.75 Å². The number of dihydropyridines is 1. The van der Waals surface area contributed by atoms with Crippen molar-refractivity contribution in [3.05, 3.63) is 76.9 Å². The lowest BCUT2D eigenvalue weighted by Crippen LogP contribution is -2.32. The number of nitrogens with one attached hydrogen (secondary N) is 2.